The largest absolute Gasteiger partial charge is 0.375 e. The quantitative estimate of drug-likeness (QED) is 0.523. The van der Waals surface area contributed by atoms with Gasteiger partial charge in [0.15, 0.2) is 0 Å². The number of anilines is 1. The molecular formula is C18H20N4O4S. The van der Waals surface area contributed by atoms with Gasteiger partial charge in [-0.25, -0.2) is 17.9 Å². The molecule has 0 saturated heterocycles. The maximum Gasteiger partial charge on any atom is 0.326 e. The van der Waals surface area contributed by atoms with Gasteiger partial charge in [-0.1, -0.05) is 18.2 Å². The lowest BCUT2D eigenvalue weighted by atomic mass is 10.2. The summed E-state index contributed by atoms with van der Waals surface area (Å²) in [5.74, 6) is 0. The van der Waals surface area contributed by atoms with Crippen LogP contribution in [0.5, 0.6) is 0 Å². The van der Waals surface area contributed by atoms with E-state index in [4.69, 9.17) is 0 Å². The molecule has 0 bridgehead atoms. The van der Waals surface area contributed by atoms with Crippen molar-refractivity contribution in [2.24, 2.45) is 0 Å². The molecule has 0 aliphatic rings. The summed E-state index contributed by atoms with van der Waals surface area (Å²) >= 11 is 0. The maximum absolute atomic E-state index is 12.5. The molecule has 9 heteroatoms. The van der Waals surface area contributed by atoms with E-state index in [9.17, 15) is 18.0 Å². The third-order valence-corrected chi connectivity index (χ3v) is 5.64. The Morgan fingerprint density at radius 3 is 2.52 bits per heavy atom. The molecule has 3 N–H and O–H groups in total. The van der Waals surface area contributed by atoms with E-state index in [1.54, 1.807) is 0 Å². The fraction of sp³-hybridized carbons (Fsp3) is 0.222. The highest BCUT2D eigenvalue weighted by Gasteiger charge is 2.15. The fourth-order valence-corrected chi connectivity index (χ4v) is 3.83. The Bertz CT molecular complexity index is 1150. The zero-order valence-corrected chi connectivity index (χ0v) is 15.5. The van der Waals surface area contributed by atoms with Crippen molar-refractivity contribution in [3.8, 4) is 0 Å². The number of fused-ring (bicyclic) bond motifs is 1. The van der Waals surface area contributed by atoms with Gasteiger partial charge in [0.25, 0.3) is 5.56 Å². The third kappa shape index (κ3) is 4.44. The second-order valence-electron chi connectivity index (χ2n) is 6.12. The number of aromatic nitrogens is 2. The predicted octanol–water partition coefficient (Wildman–Crippen LogP) is 1.02. The Balaban J connectivity index is 1.65. The van der Waals surface area contributed by atoms with Crippen LogP contribution >= 0.6 is 0 Å². The second kappa shape index (κ2) is 7.77. The summed E-state index contributed by atoms with van der Waals surface area (Å²) in [6.07, 6.45) is 0.617. The summed E-state index contributed by atoms with van der Waals surface area (Å²) in [6, 6.07) is 13.8. The molecule has 1 aromatic heterocycles. The minimum Gasteiger partial charge on any atom is -0.375 e. The van der Waals surface area contributed by atoms with Crippen LogP contribution in [-0.2, 0) is 10.0 Å². The first-order valence-corrected chi connectivity index (χ1v) is 9.87. The van der Waals surface area contributed by atoms with Gasteiger partial charge in [-0.15, -0.1) is 0 Å². The fourth-order valence-electron chi connectivity index (χ4n) is 2.73. The number of rotatable bonds is 7. The molecular weight excluding hydrogens is 368 g/mol. The minimum atomic E-state index is -3.75. The van der Waals surface area contributed by atoms with Crippen LogP contribution in [0.4, 0.5) is 5.69 Å². The van der Waals surface area contributed by atoms with E-state index in [1.165, 1.54) is 18.2 Å². The Kier molecular flexibility index (Phi) is 5.43. The Labute approximate surface area is 155 Å². The van der Waals surface area contributed by atoms with E-state index in [-0.39, 0.29) is 22.3 Å². The molecule has 0 aliphatic carbocycles. The van der Waals surface area contributed by atoms with Gasteiger partial charge in [0.2, 0.25) is 10.0 Å². The number of H-pyrrole nitrogens is 2. The van der Waals surface area contributed by atoms with Crippen LogP contribution in [0.3, 0.4) is 0 Å². The molecule has 0 aliphatic heterocycles. The first-order valence-electron chi connectivity index (χ1n) is 8.39. The second-order valence-corrected chi connectivity index (χ2v) is 7.89. The number of nitrogens with one attached hydrogen (secondary N) is 3. The summed E-state index contributed by atoms with van der Waals surface area (Å²) in [4.78, 5) is 29.7. The van der Waals surface area contributed by atoms with Gasteiger partial charge in [-0.05, 0) is 36.8 Å². The van der Waals surface area contributed by atoms with Crippen molar-refractivity contribution in [2.75, 3.05) is 25.0 Å². The average Bonchev–Trinajstić information content (AvgIpc) is 2.65. The van der Waals surface area contributed by atoms with E-state index < -0.39 is 21.3 Å². The molecule has 2 aromatic carbocycles. The van der Waals surface area contributed by atoms with Gasteiger partial charge in [0.1, 0.15) is 0 Å². The Morgan fingerprint density at radius 2 is 1.78 bits per heavy atom. The van der Waals surface area contributed by atoms with Crippen molar-refractivity contribution in [3.05, 3.63) is 69.4 Å². The first kappa shape index (κ1) is 18.9. The Morgan fingerprint density at radius 1 is 1.04 bits per heavy atom. The summed E-state index contributed by atoms with van der Waals surface area (Å²) in [5, 5.41) is 0.112. The molecule has 0 amide bonds. The molecule has 0 fully saturated rings. The van der Waals surface area contributed by atoms with Crippen LogP contribution in [0.1, 0.15) is 6.42 Å². The average molecular weight is 388 g/mol. The Hall–Kier alpha value is -2.91. The van der Waals surface area contributed by atoms with Crippen LogP contribution in [0.25, 0.3) is 10.9 Å². The van der Waals surface area contributed by atoms with Gasteiger partial charge in [0.05, 0.1) is 15.8 Å². The van der Waals surface area contributed by atoms with Crippen molar-refractivity contribution in [1.29, 1.82) is 0 Å². The molecule has 0 radical (unpaired) electrons. The van der Waals surface area contributed by atoms with Gasteiger partial charge >= 0.3 is 5.69 Å². The van der Waals surface area contributed by atoms with Crippen LogP contribution < -0.4 is 20.9 Å². The monoisotopic (exact) mass is 388 g/mol. The number of para-hydroxylation sites is 1. The summed E-state index contributed by atoms with van der Waals surface area (Å²) in [5.41, 5.74) is 0.0781. The smallest absolute Gasteiger partial charge is 0.326 e. The van der Waals surface area contributed by atoms with Crippen molar-refractivity contribution in [2.45, 2.75) is 11.3 Å². The van der Waals surface area contributed by atoms with E-state index in [1.807, 2.05) is 42.3 Å². The SMILES string of the molecule is CN(CCCNS(=O)(=O)c1ccc2[nH]c(=O)[nH]c(=O)c2c1)c1ccccc1. The molecule has 3 aromatic rings. The summed E-state index contributed by atoms with van der Waals surface area (Å²) in [6.45, 7) is 0.949. The summed E-state index contributed by atoms with van der Waals surface area (Å²) in [7, 11) is -1.81. The van der Waals surface area contributed by atoms with Gasteiger partial charge in [-0.3, -0.25) is 9.78 Å². The molecule has 27 heavy (non-hydrogen) atoms. The molecule has 0 saturated carbocycles. The highest BCUT2D eigenvalue weighted by Crippen LogP contribution is 2.14. The first-order chi connectivity index (χ1) is 12.9. The van der Waals surface area contributed by atoms with E-state index in [0.717, 1.165) is 5.69 Å². The van der Waals surface area contributed by atoms with Gasteiger partial charge < -0.3 is 9.88 Å². The van der Waals surface area contributed by atoms with E-state index in [0.29, 0.717) is 13.0 Å². The van der Waals surface area contributed by atoms with Crippen molar-refractivity contribution in [3.63, 3.8) is 0 Å². The molecule has 8 nitrogen and oxygen atoms in total. The molecule has 0 atom stereocenters. The zero-order valence-electron chi connectivity index (χ0n) is 14.7. The normalized spacial score (nSPS) is 11.6. The number of benzene rings is 2. The molecule has 1 heterocycles. The van der Waals surface area contributed by atoms with E-state index in [2.05, 4.69) is 14.7 Å². The third-order valence-electron chi connectivity index (χ3n) is 4.18. The van der Waals surface area contributed by atoms with Crippen LogP contribution in [0.15, 0.2) is 63.0 Å². The van der Waals surface area contributed by atoms with Crippen LogP contribution in [0.2, 0.25) is 0 Å². The number of sulfonamides is 1. The lowest BCUT2D eigenvalue weighted by molar-refractivity contribution is 0.579. The highest BCUT2D eigenvalue weighted by atomic mass is 32.2. The lowest BCUT2D eigenvalue weighted by Gasteiger charge is -2.19. The highest BCUT2D eigenvalue weighted by molar-refractivity contribution is 7.89. The standard InChI is InChI=1S/C18H20N4O4S/c1-22(13-6-3-2-4-7-13)11-5-10-19-27(25,26)14-8-9-16-15(12-14)17(23)21-18(24)20-16/h2-4,6-9,12,19H,5,10-11H2,1H3,(H2,20,21,23,24). The minimum absolute atomic E-state index is 0.0241. The lowest BCUT2D eigenvalue weighted by Crippen LogP contribution is -2.28. The molecule has 0 unspecified atom stereocenters. The van der Waals surface area contributed by atoms with Crippen molar-refractivity contribution < 1.29 is 8.42 Å². The molecule has 142 valence electrons. The van der Waals surface area contributed by atoms with Crippen molar-refractivity contribution >= 4 is 26.6 Å². The van der Waals surface area contributed by atoms with Gasteiger partial charge in [-0.2, -0.15) is 0 Å². The number of hydrogen-bond acceptors (Lipinski definition) is 5. The summed E-state index contributed by atoms with van der Waals surface area (Å²) < 4.78 is 27.5. The van der Waals surface area contributed by atoms with E-state index >= 15 is 0 Å². The predicted molar refractivity (Wildman–Crippen MR) is 105 cm³/mol. The zero-order chi connectivity index (χ0) is 19.4. The number of hydrogen-bond donors (Lipinski definition) is 3. The maximum atomic E-state index is 12.5. The van der Waals surface area contributed by atoms with Crippen LogP contribution in [0, 0.1) is 0 Å². The van der Waals surface area contributed by atoms with Crippen molar-refractivity contribution in [1.82, 2.24) is 14.7 Å². The number of aromatic amines is 2. The molecule has 3 rings (SSSR count). The molecule has 0 spiro atoms. The van der Waals surface area contributed by atoms with Gasteiger partial charge in [0, 0.05) is 25.8 Å². The number of nitrogens with zero attached hydrogens (tertiary/aromatic N) is 1. The van der Waals surface area contributed by atoms with Crippen LogP contribution in [-0.4, -0.2) is 38.5 Å². The topological polar surface area (TPSA) is 115 Å².